The van der Waals surface area contributed by atoms with Crippen LogP contribution in [0, 0.1) is 54.3 Å². The first-order valence-corrected chi connectivity index (χ1v) is 37.9. The van der Waals surface area contributed by atoms with Gasteiger partial charge in [0.25, 0.3) is 0 Å². The number of aryl methyl sites for hydroxylation is 1. The molecule has 93 heavy (non-hydrogen) atoms. The molecule has 0 fully saturated rings. The second-order valence-corrected chi connectivity index (χ2v) is 32.2. The van der Waals surface area contributed by atoms with Crippen LogP contribution in [0.4, 0.5) is 0 Å². The highest BCUT2D eigenvalue weighted by Crippen LogP contribution is 2.62. The number of fused-ring (bicyclic) bond motifs is 12. The largest absolute Gasteiger partial charge is 0.0651 e. The Hall–Kier alpha value is -6.24. The second-order valence-electron chi connectivity index (χ2n) is 32.2. The summed E-state index contributed by atoms with van der Waals surface area (Å²) in [4.78, 5) is 0. The Kier molecular flexibility index (Phi) is 19.2. The molecule has 8 aromatic carbocycles. The van der Waals surface area contributed by atoms with Gasteiger partial charge in [-0.25, -0.2) is 0 Å². The fourth-order valence-electron chi connectivity index (χ4n) is 19.1. The standard InChI is InChI=1S/C93H116/c1-18-59(9)51-90(52-60(10)19-2)82-29-27-26-28-74(82)76-38-31-68(45-84(76)90)70-33-40-78-80-42-35-72(49-88(80)92(86(78)47-70,55-63(13)22-5)56-64(14)23-6)73-36-43-81-79-41-34-71(48-87(79)93(89(81)50-73,57-65(15)24-7)58-66(16)25-8)69-32-39-77-75-37-30-67(17)44-83(75)91(85(77)46-69,53-61(11)20-3)54-62(12)21-4/h26-50,59-66H,18-25,51-58H2,1-17H3. The zero-order valence-electron chi connectivity index (χ0n) is 60.9. The van der Waals surface area contributed by atoms with E-state index in [-0.39, 0.29) is 21.7 Å². The van der Waals surface area contributed by atoms with Crippen LogP contribution in [0.5, 0.6) is 0 Å². The minimum absolute atomic E-state index is 0.00216. The van der Waals surface area contributed by atoms with Crippen LogP contribution in [0.1, 0.15) is 264 Å². The van der Waals surface area contributed by atoms with Crippen molar-refractivity contribution < 1.29 is 0 Å². The highest BCUT2D eigenvalue weighted by Gasteiger charge is 2.50. The van der Waals surface area contributed by atoms with Crippen molar-refractivity contribution in [3.05, 3.63) is 202 Å². The average Bonchev–Trinajstić information content (AvgIpc) is 1.62. The van der Waals surface area contributed by atoms with Gasteiger partial charge in [0, 0.05) is 21.7 Å². The maximum Gasteiger partial charge on any atom is 0.0220 e. The lowest BCUT2D eigenvalue weighted by atomic mass is 9.65. The van der Waals surface area contributed by atoms with Crippen molar-refractivity contribution in [1.82, 2.24) is 0 Å². The summed E-state index contributed by atoms with van der Waals surface area (Å²) < 4.78 is 0. The molecule has 0 saturated heterocycles. The molecule has 0 heterocycles. The molecule has 0 aromatic heterocycles. The van der Waals surface area contributed by atoms with Crippen LogP contribution >= 0.6 is 0 Å². The molecule has 0 amide bonds. The summed E-state index contributed by atoms with van der Waals surface area (Å²) in [6.45, 7) is 41.7. The number of rotatable bonds is 27. The molecule has 8 atom stereocenters. The third-order valence-corrected chi connectivity index (χ3v) is 25.7. The smallest absolute Gasteiger partial charge is 0.0220 e. The lowest BCUT2D eigenvalue weighted by Crippen LogP contribution is -2.30. The van der Waals surface area contributed by atoms with Crippen molar-refractivity contribution in [1.29, 1.82) is 0 Å². The van der Waals surface area contributed by atoms with Crippen molar-refractivity contribution in [2.75, 3.05) is 0 Å². The number of hydrogen-bond acceptors (Lipinski definition) is 0. The van der Waals surface area contributed by atoms with Crippen LogP contribution < -0.4 is 0 Å². The van der Waals surface area contributed by atoms with Gasteiger partial charge in [-0.1, -0.05) is 283 Å². The summed E-state index contributed by atoms with van der Waals surface area (Å²) in [5.74, 6) is 4.79. The van der Waals surface area contributed by atoms with Crippen molar-refractivity contribution in [3.63, 3.8) is 0 Å². The Labute approximate surface area is 565 Å². The van der Waals surface area contributed by atoms with E-state index in [2.05, 4.69) is 269 Å². The lowest BCUT2D eigenvalue weighted by Gasteiger charge is -2.38. The van der Waals surface area contributed by atoms with Gasteiger partial charge in [-0.15, -0.1) is 0 Å². The zero-order valence-corrected chi connectivity index (χ0v) is 60.9. The Bertz CT molecular complexity index is 3960. The molecule has 4 aliphatic rings. The Morgan fingerprint density at radius 1 is 0.215 bits per heavy atom. The van der Waals surface area contributed by atoms with Gasteiger partial charge in [-0.3, -0.25) is 0 Å². The topological polar surface area (TPSA) is 0 Å². The van der Waals surface area contributed by atoms with E-state index in [9.17, 15) is 0 Å². The predicted octanol–water partition coefficient (Wildman–Crippen LogP) is 27.6. The van der Waals surface area contributed by atoms with Gasteiger partial charge in [0.15, 0.2) is 0 Å². The summed E-state index contributed by atoms with van der Waals surface area (Å²) in [5.41, 5.74) is 33.5. The predicted molar refractivity (Wildman–Crippen MR) is 405 cm³/mol. The maximum atomic E-state index is 2.72. The summed E-state index contributed by atoms with van der Waals surface area (Å²) in [6, 6.07) is 63.2. The van der Waals surface area contributed by atoms with E-state index in [0.717, 1.165) is 25.7 Å². The number of hydrogen-bond donors (Lipinski definition) is 0. The van der Waals surface area contributed by atoms with Crippen LogP contribution in [0.2, 0.25) is 0 Å². The van der Waals surface area contributed by atoms with E-state index in [1.165, 1.54) is 161 Å². The van der Waals surface area contributed by atoms with E-state index in [1.807, 2.05) is 0 Å². The van der Waals surface area contributed by atoms with E-state index >= 15 is 0 Å². The molecular formula is C93H116. The fraction of sp³-hybridized carbons (Fsp3) is 0.484. The van der Waals surface area contributed by atoms with Crippen LogP contribution in [0.25, 0.3) is 77.9 Å². The Balaban J connectivity index is 0.984. The highest BCUT2D eigenvalue weighted by atomic mass is 14.5. The van der Waals surface area contributed by atoms with Gasteiger partial charge in [-0.2, -0.15) is 0 Å². The van der Waals surface area contributed by atoms with Crippen molar-refractivity contribution in [3.8, 4) is 77.9 Å². The van der Waals surface area contributed by atoms with Gasteiger partial charge >= 0.3 is 0 Å². The molecule has 0 heteroatoms. The average molecular weight is 1230 g/mol. The molecule has 0 saturated carbocycles. The third-order valence-electron chi connectivity index (χ3n) is 25.7. The van der Waals surface area contributed by atoms with Crippen LogP contribution in [-0.4, -0.2) is 0 Å². The second kappa shape index (κ2) is 26.8. The SMILES string of the molecule is CCC(C)CC1(CC(C)CC)c2ccccc2-c2ccc(-c3ccc4c(c3)C(CC(C)CC)(CC(C)CC)c3cc(-c5ccc6c(c5)C(CC(C)CC)(CC(C)CC)c5cc(-c7ccc8c(c7)C(CC(C)CC)(CC(C)CC)c7cc(C)ccc7-8)ccc5-6)ccc3-4)cc21. The highest BCUT2D eigenvalue weighted by molar-refractivity contribution is 5.91. The molecule has 8 unspecified atom stereocenters. The fourth-order valence-corrected chi connectivity index (χ4v) is 19.1. The summed E-state index contributed by atoms with van der Waals surface area (Å²) in [6.07, 6.45) is 18.8. The normalized spacial score (nSPS) is 22.1. The van der Waals surface area contributed by atoms with E-state index in [1.54, 1.807) is 44.5 Å². The molecule has 12 rings (SSSR count). The van der Waals surface area contributed by atoms with Crippen molar-refractivity contribution >= 4 is 0 Å². The minimum Gasteiger partial charge on any atom is -0.0651 e. The first-order chi connectivity index (χ1) is 44.8. The third kappa shape index (κ3) is 11.6. The molecule has 0 aliphatic heterocycles. The van der Waals surface area contributed by atoms with Gasteiger partial charge in [0.05, 0.1) is 0 Å². The van der Waals surface area contributed by atoms with Crippen molar-refractivity contribution in [2.24, 2.45) is 47.3 Å². The van der Waals surface area contributed by atoms with Crippen LogP contribution in [0.3, 0.4) is 0 Å². The first-order valence-electron chi connectivity index (χ1n) is 37.9. The summed E-state index contributed by atoms with van der Waals surface area (Å²) in [7, 11) is 0. The first kappa shape index (κ1) is 66.8. The monoisotopic (exact) mass is 1230 g/mol. The van der Waals surface area contributed by atoms with Gasteiger partial charge in [0.1, 0.15) is 0 Å². The molecular weight excluding hydrogens is 1120 g/mol. The van der Waals surface area contributed by atoms with Gasteiger partial charge < -0.3 is 0 Å². The molecule has 0 spiro atoms. The summed E-state index contributed by atoms with van der Waals surface area (Å²) in [5, 5.41) is 0. The molecule has 0 nitrogen and oxygen atoms in total. The zero-order chi connectivity index (χ0) is 65.9. The van der Waals surface area contributed by atoms with E-state index < -0.39 is 0 Å². The summed E-state index contributed by atoms with van der Waals surface area (Å²) >= 11 is 0. The van der Waals surface area contributed by atoms with Gasteiger partial charge in [-0.05, 0) is 264 Å². The van der Waals surface area contributed by atoms with E-state index in [0.29, 0.717) is 47.3 Å². The van der Waals surface area contributed by atoms with Gasteiger partial charge in [0.2, 0.25) is 0 Å². The lowest BCUT2D eigenvalue weighted by molar-refractivity contribution is 0.308. The molecule has 0 bridgehead atoms. The number of benzene rings is 8. The maximum absolute atomic E-state index is 2.72. The quantitative estimate of drug-likeness (QED) is 0.0481. The molecule has 0 radical (unpaired) electrons. The molecule has 4 aliphatic carbocycles. The molecule has 488 valence electrons. The minimum atomic E-state index is -0.119. The van der Waals surface area contributed by atoms with Crippen LogP contribution in [-0.2, 0) is 21.7 Å². The molecule has 0 N–H and O–H groups in total. The Morgan fingerprint density at radius 2 is 0.398 bits per heavy atom. The van der Waals surface area contributed by atoms with Crippen LogP contribution in [0.15, 0.2) is 152 Å². The molecule has 8 aromatic rings. The van der Waals surface area contributed by atoms with E-state index in [4.69, 9.17) is 0 Å². The Morgan fingerprint density at radius 3 is 0.624 bits per heavy atom. The van der Waals surface area contributed by atoms with Crippen molar-refractivity contribution in [2.45, 2.75) is 242 Å².